The van der Waals surface area contributed by atoms with Gasteiger partial charge in [0, 0.05) is 14.6 Å². The maximum Gasteiger partial charge on any atom is 0.257 e. The van der Waals surface area contributed by atoms with E-state index >= 15 is 0 Å². The molecule has 3 N–H and O–H groups in total. The number of hydrogen-bond donors (Lipinski definition) is 2. The number of nitrogens with two attached hydrogens (primary N) is 1. The summed E-state index contributed by atoms with van der Waals surface area (Å²) in [5, 5.41) is 2.61. The first-order valence-corrected chi connectivity index (χ1v) is 6.87. The van der Waals surface area contributed by atoms with Crippen molar-refractivity contribution in [3.63, 3.8) is 0 Å². The van der Waals surface area contributed by atoms with Crippen molar-refractivity contribution in [2.75, 3.05) is 11.1 Å². The van der Waals surface area contributed by atoms with Crippen molar-refractivity contribution in [1.82, 2.24) is 0 Å². The third-order valence-corrected chi connectivity index (χ3v) is 3.62. The third-order valence-electron chi connectivity index (χ3n) is 2.43. The Kier molecular flexibility index (Phi) is 4.21. The van der Waals surface area contributed by atoms with Crippen LogP contribution in [0.15, 0.2) is 45.3 Å². The minimum Gasteiger partial charge on any atom is -0.398 e. The molecule has 0 aliphatic rings. The van der Waals surface area contributed by atoms with Crippen LogP contribution in [0.3, 0.4) is 0 Å². The molecule has 2 rings (SSSR count). The first kappa shape index (κ1) is 14.0. The smallest absolute Gasteiger partial charge is 0.257 e. The number of rotatable bonds is 2. The van der Waals surface area contributed by atoms with Crippen molar-refractivity contribution in [1.29, 1.82) is 0 Å². The zero-order valence-corrected chi connectivity index (χ0v) is 12.8. The lowest BCUT2D eigenvalue weighted by Gasteiger charge is -2.09. The number of nitrogen functional groups attached to an aromatic ring is 1. The molecule has 0 saturated carbocycles. The van der Waals surface area contributed by atoms with Crippen LogP contribution < -0.4 is 11.1 Å². The average molecular weight is 388 g/mol. The van der Waals surface area contributed by atoms with Gasteiger partial charge in [-0.05, 0) is 52.3 Å². The van der Waals surface area contributed by atoms with E-state index in [0.29, 0.717) is 21.4 Å². The molecule has 0 aliphatic heterocycles. The molecule has 0 saturated heterocycles. The highest BCUT2D eigenvalue weighted by atomic mass is 79.9. The molecule has 0 heterocycles. The summed E-state index contributed by atoms with van der Waals surface area (Å²) in [4.78, 5) is 12.1. The fraction of sp³-hybridized carbons (Fsp3) is 0. The van der Waals surface area contributed by atoms with Crippen LogP contribution in [-0.4, -0.2) is 5.91 Å². The Morgan fingerprint density at radius 3 is 2.58 bits per heavy atom. The van der Waals surface area contributed by atoms with Gasteiger partial charge in [0.25, 0.3) is 5.91 Å². The van der Waals surface area contributed by atoms with E-state index in [2.05, 4.69) is 37.2 Å². The minimum absolute atomic E-state index is 0.333. The highest BCUT2D eigenvalue weighted by Crippen LogP contribution is 2.25. The van der Waals surface area contributed by atoms with Gasteiger partial charge >= 0.3 is 0 Å². The predicted molar refractivity (Wildman–Crippen MR) is 80.6 cm³/mol. The van der Waals surface area contributed by atoms with E-state index in [4.69, 9.17) is 5.73 Å². The van der Waals surface area contributed by atoms with E-state index < -0.39 is 11.7 Å². The number of benzene rings is 2. The SMILES string of the molecule is Nc1cc(Br)ccc1C(=O)Nc1cc(F)ccc1Br. The van der Waals surface area contributed by atoms with Gasteiger partial charge < -0.3 is 11.1 Å². The maximum atomic E-state index is 13.1. The largest absolute Gasteiger partial charge is 0.398 e. The van der Waals surface area contributed by atoms with Crippen LogP contribution >= 0.6 is 31.9 Å². The van der Waals surface area contributed by atoms with Crippen LogP contribution in [0.2, 0.25) is 0 Å². The lowest BCUT2D eigenvalue weighted by molar-refractivity contribution is 0.102. The van der Waals surface area contributed by atoms with Gasteiger partial charge in [-0.1, -0.05) is 15.9 Å². The molecule has 0 atom stereocenters. The van der Waals surface area contributed by atoms with Crippen LogP contribution in [0.1, 0.15) is 10.4 Å². The Balaban J connectivity index is 2.28. The Morgan fingerprint density at radius 1 is 1.16 bits per heavy atom. The number of carbonyl (C=O) groups excluding carboxylic acids is 1. The van der Waals surface area contributed by atoms with E-state index in [1.54, 1.807) is 18.2 Å². The van der Waals surface area contributed by atoms with Crippen LogP contribution in [0.4, 0.5) is 15.8 Å². The number of carbonyl (C=O) groups is 1. The van der Waals surface area contributed by atoms with Crippen molar-refractivity contribution in [3.05, 3.63) is 56.7 Å². The van der Waals surface area contributed by atoms with Gasteiger partial charge in [0.1, 0.15) is 5.82 Å². The van der Waals surface area contributed by atoms with Crippen molar-refractivity contribution in [2.45, 2.75) is 0 Å². The molecular weight excluding hydrogens is 379 g/mol. The normalized spacial score (nSPS) is 10.3. The zero-order chi connectivity index (χ0) is 14.0. The molecule has 0 unspecified atom stereocenters. The Hall–Kier alpha value is -1.40. The van der Waals surface area contributed by atoms with Gasteiger partial charge in [-0.3, -0.25) is 4.79 Å². The number of nitrogens with one attached hydrogen (secondary N) is 1. The van der Waals surface area contributed by atoms with Gasteiger partial charge in [-0.2, -0.15) is 0 Å². The van der Waals surface area contributed by atoms with E-state index in [-0.39, 0.29) is 0 Å². The summed E-state index contributed by atoms with van der Waals surface area (Å²) in [6.07, 6.45) is 0. The second kappa shape index (κ2) is 5.71. The molecule has 3 nitrogen and oxygen atoms in total. The number of halogens is 3. The third kappa shape index (κ3) is 3.33. The molecule has 0 spiro atoms. The molecule has 6 heteroatoms. The number of anilines is 2. The summed E-state index contributed by atoms with van der Waals surface area (Å²) in [7, 11) is 0. The molecule has 1 amide bonds. The quantitative estimate of drug-likeness (QED) is 0.759. The number of hydrogen-bond acceptors (Lipinski definition) is 2. The average Bonchev–Trinajstić information content (AvgIpc) is 2.33. The van der Waals surface area contributed by atoms with E-state index in [1.165, 1.54) is 18.2 Å². The molecule has 98 valence electrons. The van der Waals surface area contributed by atoms with Crippen molar-refractivity contribution < 1.29 is 9.18 Å². The summed E-state index contributed by atoms with van der Waals surface area (Å²) >= 11 is 6.51. The molecule has 2 aromatic rings. The lowest BCUT2D eigenvalue weighted by Crippen LogP contribution is -2.14. The second-order valence-electron chi connectivity index (χ2n) is 3.81. The van der Waals surface area contributed by atoms with Gasteiger partial charge in [0.15, 0.2) is 0 Å². The second-order valence-corrected chi connectivity index (χ2v) is 5.58. The van der Waals surface area contributed by atoms with E-state index in [0.717, 1.165) is 4.47 Å². The Morgan fingerprint density at radius 2 is 1.89 bits per heavy atom. The topological polar surface area (TPSA) is 55.1 Å². The summed E-state index contributed by atoms with van der Waals surface area (Å²) < 4.78 is 14.5. The molecule has 0 aliphatic carbocycles. The van der Waals surface area contributed by atoms with Gasteiger partial charge in [0.2, 0.25) is 0 Å². The molecule has 0 bridgehead atoms. The van der Waals surface area contributed by atoms with Gasteiger partial charge in [-0.25, -0.2) is 4.39 Å². The zero-order valence-electron chi connectivity index (χ0n) is 9.58. The van der Waals surface area contributed by atoms with Gasteiger partial charge in [-0.15, -0.1) is 0 Å². The Bertz CT molecular complexity index is 647. The number of amides is 1. The van der Waals surface area contributed by atoms with Crippen LogP contribution in [0, 0.1) is 5.82 Å². The fourth-order valence-electron chi connectivity index (χ4n) is 1.52. The van der Waals surface area contributed by atoms with Crippen LogP contribution in [0.5, 0.6) is 0 Å². The fourth-order valence-corrected chi connectivity index (χ4v) is 2.25. The van der Waals surface area contributed by atoms with E-state index in [1.807, 2.05) is 0 Å². The van der Waals surface area contributed by atoms with Crippen LogP contribution in [-0.2, 0) is 0 Å². The van der Waals surface area contributed by atoms with Crippen molar-refractivity contribution in [2.24, 2.45) is 0 Å². The minimum atomic E-state index is -0.428. The van der Waals surface area contributed by atoms with Crippen molar-refractivity contribution >= 4 is 49.1 Å². The predicted octanol–water partition coefficient (Wildman–Crippen LogP) is 4.19. The summed E-state index contributed by atoms with van der Waals surface area (Å²) in [5.41, 5.74) is 6.80. The summed E-state index contributed by atoms with van der Waals surface area (Å²) in [6, 6.07) is 9.00. The summed E-state index contributed by atoms with van der Waals surface area (Å²) in [6.45, 7) is 0. The monoisotopic (exact) mass is 386 g/mol. The Labute approximate surface area is 126 Å². The highest BCUT2D eigenvalue weighted by molar-refractivity contribution is 9.10. The van der Waals surface area contributed by atoms with Crippen molar-refractivity contribution in [3.8, 4) is 0 Å². The lowest BCUT2D eigenvalue weighted by atomic mass is 10.1. The first-order chi connectivity index (χ1) is 8.97. The maximum absolute atomic E-state index is 13.1. The van der Waals surface area contributed by atoms with E-state index in [9.17, 15) is 9.18 Å². The molecule has 0 fully saturated rings. The molecule has 0 radical (unpaired) electrons. The highest BCUT2D eigenvalue weighted by Gasteiger charge is 2.12. The molecule has 0 aromatic heterocycles. The van der Waals surface area contributed by atoms with Gasteiger partial charge in [0.05, 0.1) is 11.3 Å². The summed E-state index contributed by atoms with van der Waals surface area (Å²) in [5.74, 6) is -0.821. The molecular formula is C13H9Br2FN2O. The van der Waals surface area contributed by atoms with Crippen LogP contribution in [0.25, 0.3) is 0 Å². The molecule has 19 heavy (non-hydrogen) atoms. The standard InChI is InChI=1S/C13H9Br2FN2O/c14-7-1-3-9(11(17)5-7)13(19)18-12-6-8(16)2-4-10(12)15/h1-6H,17H2,(H,18,19). The molecule has 2 aromatic carbocycles. The first-order valence-electron chi connectivity index (χ1n) is 5.29.